The molecule has 0 saturated heterocycles. The van der Waals surface area contributed by atoms with Crippen molar-refractivity contribution in [3.63, 3.8) is 0 Å². The van der Waals surface area contributed by atoms with E-state index < -0.39 is 39.3 Å². The van der Waals surface area contributed by atoms with Crippen LogP contribution in [0.25, 0.3) is 0 Å². The number of benzene rings is 4. The lowest BCUT2D eigenvalue weighted by atomic mass is 10.0. The summed E-state index contributed by atoms with van der Waals surface area (Å²) in [5, 5.41) is 14.6. The molecule has 4 aromatic carbocycles. The molecule has 0 spiro atoms. The van der Waals surface area contributed by atoms with Crippen LogP contribution in [0.5, 0.6) is 0 Å². The third kappa shape index (κ3) is 8.18. The van der Waals surface area contributed by atoms with Gasteiger partial charge in [-0.2, -0.15) is 0 Å². The van der Waals surface area contributed by atoms with Gasteiger partial charge in [0.2, 0.25) is 11.8 Å². The summed E-state index contributed by atoms with van der Waals surface area (Å²) in [6.07, 6.45) is 0.115. The number of non-ortho nitro benzene ring substituents is 1. The SMILES string of the molecule is CCNC(=O)[C@@H](Cc1ccccc1)N(Cc1c(Cl)cccc1Cl)C(=O)CN(c1ccc([N+](=O)[O-])cc1)S(=O)(=O)c1ccccc1. The van der Waals surface area contributed by atoms with Crippen LogP contribution in [0.3, 0.4) is 0 Å². The van der Waals surface area contributed by atoms with E-state index in [0.717, 1.165) is 22.0 Å². The van der Waals surface area contributed by atoms with Crippen LogP contribution in [0.4, 0.5) is 11.4 Å². The Bertz CT molecular complexity index is 1740. The summed E-state index contributed by atoms with van der Waals surface area (Å²) in [5.41, 5.74) is 0.910. The Balaban J connectivity index is 1.83. The van der Waals surface area contributed by atoms with Gasteiger partial charge in [0.15, 0.2) is 0 Å². The zero-order valence-corrected chi connectivity index (χ0v) is 26.5. The van der Waals surface area contributed by atoms with Crippen molar-refractivity contribution in [2.75, 3.05) is 17.4 Å². The van der Waals surface area contributed by atoms with Crippen molar-refractivity contribution >= 4 is 56.4 Å². The smallest absolute Gasteiger partial charge is 0.269 e. The van der Waals surface area contributed by atoms with Gasteiger partial charge in [0, 0.05) is 47.3 Å². The van der Waals surface area contributed by atoms with Crippen LogP contribution in [0.15, 0.2) is 108 Å². The van der Waals surface area contributed by atoms with Crippen molar-refractivity contribution in [2.24, 2.45) is 0 Å². The zero-order valence-electron chi connectivity index (χ0n) is 24.2. The summed E-state index contributed by atoms with van der Waals surface area (Å²) in [4.78, 5) is 39.8. The van der Waals surface area contributed by atoms with Gasteiger partial charge >= 0.3 is 0 Å². The van der Waals surface area contributed by atoms with Crippen LogP contribution in [-0.2, 0) is 32.6 Å². The maximum Gasteiger partial charge on any atom is 0.269 e. The minimum atomic E-state index is -4.36. The summed E-state index contributed by atoms with van der Waals surface area (Å²) in [5.74, 6) is -1.18. The molecule has 0 saturated carbocycles. The molecular formula is C32H30Cl2N4O6S. The first kappa shape index (κ1) is 33.4. The monoisotopic (exact) mass is 668 g/mol. The van der Waals surface area contributed by atoms with E-state index >= 15 is 0 Å². The molecule has 2 amide bonds. The molecule has 4 rings (SSSR count). The fourth-order valence-electron chi connectivity index (χ4n) is 4.69. The van der Waals surface area contributed by atoms with Crippen LogP contribution in [-0.4, -0.2) is 49.2 Å². The summed E-state index contributed by atoms with van der Waals surface area (Å²) in [6, 6.07) is 25.2. The lowest BCUT2D eigenvalue weighted by Gasteiger charge is -2.34. The number of carbonyl (C=O) groups excluding carboxylic acids is 2. The molecule has 0 unspecified atom stereocenters. The summed E-state index contributed by atoms with van der Waals surface area (Å²) in [7, 11) is -4.36. The molecule has 0 aromatic heterocycles. The first-order chi connectivity index (χ1) is 21.5. The molecule has 234 valence electrons. The predicted octanol–water partition coefficient (Wildman–Crippen LogP) is 5.87. The minimum Gasteiger partial charge on any atom is -0.355 e. The minimum absolute atomic E-state index is 0.0196. The van der Waals surface area contributed by atoms with E-state index in [9.17, 15) is 28.1 Å². The lowest BCUT2D eigenvalue weighted by molar-refractivity contribution is -0.384. The third-order valence-corrected chi connectivity index (χ3v) is 9.47. The molecule has 0 heterocycles. The van der Waals surface area contributed by atoms with Crippen LogP contribution in [0, 0.1) is 10.1 Å². The number of likely N-dealkylation sites (N-methyl/N-ethyl adjacent to an activating group) is 1. The number of hydrogen-bond donors (Lipinski definition) is 1. The number of halogens is 2. The maximum atomic E-state index is 14.4. The van der Waals surface area contributed by atoms with Crippen LogP contribution < -0.4 is 9.62 Å². The van der Waals surface area contributed by atoms with Gasteiger partial charge in [0.05, 0.1) is 15.5 Å². The van der Waals surface area contributed by atoms with Crippen molar-refractivity contribution in [3.05, 3.63) is 134 Å². The van der Waals surface area contributed by atoms with Gasteiger partial charge in [-0.05, 0) is 48.9 Å². The molecule has 0 radical (unpaired) electrons. The molecule has 0 bridgehead atoms. The molecule has 45 heavy (non-hydrogen) atoms. The van der Waals surface area contributed by atoms with E-state index in [1.165, 1.54) is 29.2 Å². The van der Waals surface area contributed by atoms with Crippen molar-refractivity contribution in [1.82, 2.24) is 10.2 Å². The Morgan fingerprint density at radius 2 is 1.44 bits per heavy atom. The Labute approximate surface area is 271 Å². The summed E-state index contributed by atoms with van der Waals surface area (Å²) in [6.45, 7) is 1.10. The van der Waals surface area contributed by atoms with E-state index in [1.54, 1.807) is 43.3 Å². The number of rotatable bonds is 13. The van der Waals surface area contributed by atoms with Gasteiger partial charge in [0.1, 0.15) is 12.6 Å². The van der Waals surface area contributed by atoms with E-state index in [0.29, 0.717) is 5.56 Å². The van der Waals surface area contributed by atoms with E-state index in [2.05, 4.69) is 5.32 Å². The molecule has 1 N–H and O–H groups in total. The first-order valence-corrected chi connectivity index (χ1v) is 16.1. The number of nitro groups is 1. The van der Waals surface area contributed by atoms with Gasteiger partial charge in [-0.3, -0.25) is 24.0 Å². The Morgan fingerprint density at radius 1 is 0.867 bits per heavy atom. The topological polar surface area (TPSA) is 130 Å². The predicted molar refractivity (Wildman–Crippen MR) is 174 cm³/mol. The molecule has 0 aliphatic heterocycles. The number of nitrogens with one attached hydrogen (secondary N) is 1. The Kier molecular flexibility index (Phi) is 11.2. The number of sulfonamides is 1. The zero-order chi connectivity index (χ0) is 32.6. The Morgan fingerprint density at radius 3 is 2.00 bits per heavy atom. The van der Waals surface area contributed by atoms with Crippen molar-refractivity contribution < 1.29 is 22.9 Å². The van der Waals surface area contributed by atoms with Crippen molar-refractivity contribution in [3.8, 4) is 0 Å². The molecular weight excluding hydrogens is 639 g/mol. The highest BCUT2D eigenvalue weighted by Crippen LogP contribution is 2.29. The highest BCUT2D eigenvalue weighted by atomic mass is 35.5. The molecule has 0 fully saturated rings. The molecule has 0 aliphatic rings. The van der Waals surface area contributed by atoms with E-state index in [1.807, 2.05) is 30.3 Å². The van der Waals surface area contributed by atoms with Crippen molar-refractivity contribution in [1.29, 1.82) is 0 Å². The Hall–Kier alpha value is -4.45. The van der Waals surface area contributed by atoms with Gasteiger partial charge in [-0.1, -0.05) is 77.8 Å². The number of nitrogens with zero attached hydrogens (tertiary/aromatic N) is 3. The largest absolute Gasteiger partial charge is 0.355 e. The molecule has 1 atom stereocenters. The van der Waals surface area contributed by atoms with Crippen LogP contribution in [0.1, 0.15) is 18.1 Å². The highest BCUT2D eigenvalue weighted by Gasteiger charge is 2.35. The second-order valence-electron chi connectivity index (χ2n) is 9.92. The lowest BCUT2D eigenvalue weighted by Crippen LogP contribution is -2.53. The van der Waals surface area contributed by atoms with Crippen LogP contribution >= 0.6 is 23.2 Å². The maximum absolute atomic E-state index is 14.4. The molecule has 10 nitrogen and oxygen atoms in total. The van der Waals surface area contributed by atoms with Gasteiger partial charge in [-0.15, -0.1) is 0 Å². The quantitative estimate of drug-likeness (QED) is 0.140. The number of hydrogen-bond acceptors (Lipinski definition) is 6. The molecule has 4 aromatic rings. The normalized spacial score (nSPS) is 11.8. The number of anilines is 1. The second kappa shape index (κ2) is 15.0. The summed E-state index contributed by atoms with van der Waals surface area (Å²) >= 11 is 13.0. The molecule has 0 aliphatic carbocycles. The average Bonchev–Trinajstić information content (AvgIpc) is 3.03. The molecule has 13 heteroatoms. The standard InChI is InChI=1S/C32H30Cl2N4O6S/c1-2-35-32(40)30(20-23-10-5-3-6-11-23)36(21-27-28(33)14-9-15-29(27)34)31(39)22-37(24-16-18-25(19-17-24)38(41)42)45(43,44)26-12-7-4-8-13-26/h3-19,30H,2,20-22H2,1H3,(H,35,40)/t30-/m1/s1. The number of carbonyl (C=O) groups is 2. The first-order valence-electron chi connectivity index (χ1n) is 13.9. The average molecular weight is 670 g/mol. The van der Waals surface area contributed by atoms with Crippen molar-refractivity contribution in [2.45, 2.75) is 30.8 Å². The van der Waals surface area contributed by atoms with Gasteiger partial charge in [0.25, 0.3) is 15.7 Å². The third-order valence-electron chi connectivity index (χ3n) is 6.97. The van der Waals surface area contributed by atoms with E-state index in [-0.39, 0.29) is 45.8 Å². The number of amides is 2. The summed E-state index contributed by atoms with van der Waals surface area (Å²) < 4.78 is 28.8. The van der Waals surface area contributed by atoms with Gasteiger partial charge in [-0.25, -0.2) is 8.42 Å². The fourth-order valence-corrected chi connectivity index (χ4v) is 6.64. The van der Waals surface area contributed by atoms with E-state index in [4.69, 9.17) is 23.2 Å². The number of nitro benzene ring substituents is 1. The highest BCUT2D eigenvalue weighted by molar-refractivity contribution is 7.92. The fraction of sp³-hybridized carbons (Fsp3) is 0.188. The second-order valence-corrected chi connectivity index (χ2v) is 12.6. The van der Waals surface area contributed by atoms with Gasteiger partial charge < -0.3 is 10.2 Å². The van der Waals surface area contributed by atoms with Crippen LogP contribution in [0.2, 0.25) is 10.0 Å².